The van der Waals surface area contributed by atoms with E-state index in [-0.39, 0.29) is 12.5 Å². The number of methoxy groups -OCH3 is 1. The Hall–Kier alpha value is -3.40. The van der Waals surface area contributed by atoms with Crippen LogP contribution in [-0.4, -0.2) is 49.3 Å². The molecule has 1 heterocycles. The van der Waals surface area contributed by atoms with Gasteiger partial charge in [-0.05, 0) is 66.1 Å². The highest BCUT2D eigenvalue weighted by atomic mass is 79.9. The van der Waals surface area contributed by atoms with Crippen molar-refractivity contribution in [2.24, 2.45) is 4.99 Å². The number of halogens is 1. The van der Waals surface area contributed by atoms with Crippen LogP contribution in [0.2, 0.25) is 0 Å². The Balaban J connectivity index is 1.73. The van der Waals surface area contributed by atoms with Gasteiger partial charge < -0.3 is 19.3 Å². The molecule has 0 aliphatic carbocycles. The molecule has 0 fully saturated rings. The fourth-order valence-corrected chi connectivity index (χ4v) is 4.98. The number of hydrogen-bond acceptors (Lipinski definition) is 7. The topological polar surface area (TPSA) is 101 Å². The maximum absolute atomic E-state index is 14.1. The number of aliphatic hydroxyl groups excluding tert-OH is 1. The summed E-state index contributed by atoms with van der Waals surface area (Å²) < 4.78 is 18.7. The summed E-state index contributed by atoms with van der Waals surface area (Å²) in [5, 5.41) is 9.03. The number of hydrogen-bond donors (Lipinski definition) is 3. The molecular formula is C32H38BrN3O5. The molecule has 1 aliphatic rings. The summed E-state index contributed by atoms with van der Waals surface area (Å²) in [4.78, 5) is 19.2. The average Bonchev–Trinajstić information content (AvgIpc) is 3.39. The third kappa shape index (κ3) is 7.87. The monoisotopic (exact) mass is 623 g/mol. The molecule has 218 valence electrons. The minimum atomic E-state index is -1.30. The maximum atomic E-state index is 14.1. The Morgan fingerprint density at radius 2 is 1.83 bits per heavy atom. The van der Waals surface area contributed by atoms with Crippen LogP contribution in [0.5, 0.6) is 11.5 Å². The summed E-state index contributed by atoms with van der Waals surface area (Å²) >= 11 is 3.51. The quantitative estimate of drug-likeness (QED) is 0.152. The van der Waals surface area contributed by atoms with E-state index in [1.165, 1.54) is 0 Å². The van der Waals surface area contributed by atoms with Crippen LogP contribution in [0, 0.1) is 0 Å². The van der Waals surface area contributed by atoms with Gasteiger partial charge >= 0.3 is 0 Å². The Morgan fingerprint density at radius 1 is 1.05 bits per heavy atom. The Morgan fingerprint density at radius 3 is 2.54 bits per heavy atom. The van der Waals surface area contributed by atoms with Gasteiger partial charge in [0, 0.05) is 36.0 Å². The lowest BCUT2D eigenvalue weighted by Crippen LogP contribution is -2.54. The van der Waals surface area contributed by atoms with Crippen LogP contribution < -0.4 is 20.3 Å². The first-order valence-electron chi connectivity index (χ1n) is 14.0. The third-order valence-corrected chi connectivity index (χ3v) is 7.45. The van der Waals surface area contributed by atoms with Crippen molar-refractivity contribution in [1.82, 2.24) is 10.9 Å². The molecule has 0 bridgehead atoms. The van der Waals surface area contributed by atoms with Crippen molar-refractivity contribution in [2.75, 3.05) is 26.9 Å². The average molecular weight is 625 g/mol. The van der Waals surface area contributed by atoms with Gasteiger partial charge in [-0.25, -0.2) is 10.4 Å². The van der Waals surface area contributed by atoms with Crippen LogP contribution in [-0.2, 0) is 16.0 Å². The first-order chi connectivity index (χ1) is 20.0. The molecule has 2 atom stereocenters. The van der Waals surface area contributed by atoms with E-state index in [9.17, 15) is 4.79 Å². The zero-order chi connectivity index (χ0) is 29.1. The molecule has 1 amide bonds. The molecule has 0 unspecified atom stereocenters. The first-order valence-corrected chi connectivity index (χ1v) is 14.8. The van der Waals surface area contributed by atoms with Crippen LogP contribution in [0.25, 0.3) is 0 Å². The Labute approximate surface area is 250 Å². The second-order valence-corrected chi connectivity index (χ2v) is 10.9. The second-order valence-electron chi connectivity index (χ2n) is 9.96. The van der Waals surface area contributed by atoms with Gasteiger partial charge in [-0.1, -0.05) is 60.0 Å². The Kier molecular flexibility index (Phi) is 11.2. The number of aliphatic hydroxyl groups is 1. The zero-order valence-corrected chi connectivity index (χ0v) is 25.2. The van der Waals surface area contributed by atoms with Crippen molar-refractivity contribution >= 4 is 27.7 Å². The fraction of sp³-hybridized carbons (Fsp3) is 0.375. The number of hydrazine groups is 1. The normalized spacial score (nSPS) is 18.0. The van der Waals surface area contributed by atoms with Crippen LogP contribution in [0.3, 0.4) is 0 Å². The van der Waals surface area contributed by atoms with Crippen molar-refractivity contribution in [2.45, 2.75) is 50.7 Å². The largest absolute Gasteiger partial charge is 0.497 e. The number of nitrogens with zero attached hydrogens (tertiary/aromatic N) is 1. The van der Waals surface area contributed by atoms with Crippen LogP contribution >= 0.6 is 15.9 Å². The molecular weight excluding hydrogens is 586 g/mol. The lowest BCUT2D eigenvalue weighted by molar-refractivity contribution is -0.130. The SMILES string of the molecule is CCCCCNNC(=O)[C@@]1(Cc2ccc(Br)cc2)N=C(c2ccc(OCCCO)cc2)O[C@H]1c1cccc(OC)c1. The van der Waals surface area contributed by atoms with Crippen LogP contribution in [0.1, 0.15) is 55.4 Å². The first kappa shape index (κ1) is 30.6. The summed E-state index contributed by atoms with van der Waals surface area (Å²) in [5.74, 6) is 1.45. The molecule has 0 radical (unpaired) electrons. The van der Waals surface area contributed by atoms with Gasteiger partial charge in [-0.15, -0.1) is 0 Å². The van der Waals surface area contributed by atoms with Crippen molar-refractivity contribution in [1.29, 1.82) is 0 Å². The van der Waals surface area contributed by atoms with Crippen LogP contribution in [0.15, 0.2) is 82.3 Å². The molecule has 0 saturated carbocycles. The molecule has 8 nitrogen and oxygen atoms in total. The molecule has 3 aromatic carbocycles. The van der Waals surface area contributed by atoms with Crippen LogP contribution in [0.4, 0.5) is 0 Å². The minimum Gasteiger partial charge on any atom is -0.497 e. The molecule has 3 N–H and O–H groups in total. The third-order valence-electron chi connectivity index (χ3n) is 6.92. The zero-order valence-electron chi connectivity index (χ0n) is 23.6. The number of rotatable bonds is 15. The van der Waals surface area contributed by atoms with E-state index in [4.69, 9.17) is 24.3 Å². The summed E-state index contributed by atoms with van der Waals surface area (Å²) in [6.45, 7) is 3.30. The maximum Gasteiger partial charge on any atom is 0.266 e. The smallest absolute Gasteiger partial charge is 0.266 e. The highest BCUT2D eigenvalue weighted by molar-refractivity contribution is 9.10. The molecule has 9 heteroatoms. The predicted molar refractivity (Wildman–Crippen MR) is 163 cm³/mol. The Bertz CT molecular complexity index is 1300. The van der Waals surface area contributed by atoms with Crippen molar-refractivity contribution in [3.05, 3.63) is 94.0 Å². The van der Waals surface area contributed by atoms with Gasteiger partial charge in [-0.3, -0.25) is 10.2 Å². The van der Waals surface area contributed by atoms with Gasteiger partial charge in [0.1, 0.15) is 11.5 Å². The summed E-state index contributed by atoms with van der Waals surface area (Å²) in [6, 6.07) is 22.9. The summed E-state index contributed by atoms with van der Waals surface area (Å²) in [5.41, 5.74) is 7.20. The van der Waals surface area contributed by atoms with Crippen molar-refractivity contribution in [3.8, 4) is 11.5 Å². The predicted octanol–water partition coefficient (Wildman–Crippen LogP) is 5.53. The number of carbonyl (C=O) groups excluding carboxylic acids is 1. The molecule has 3 aromatic rings. The van der Waals surface area contributed by atoms with Gasteiger partial charge in [-0.2, -0.15) is 0 Å². The number of carbonyl (C=O) groups is 1. The molecule has 1 aliphatic heterocycles. The standard InChI is InChI=1S/C32H38BrN3O5/c1-3-4-5-18-34-36-31(38)32(22-23-10-14-26(33)15-11-23)29(25-8-6-9-28(21-25)39-2)41-30(35-32)24-12-16-27(17-13-24)40-20-7-19-37/h6,8-17,21,29,34,37H,3-5,7,18-20,22H2,1-2H3,(H,36,38)/t29-,32-/m0/s1. The van der Waals surface area contributed by atoms with Crippen molar-refractivity contribution < 1.29 is 24.1 Å². The molecule has 0 saturated heterocycles. The number of benzene rings is 3. The fourth-order valence-electron chi connectivity index (χ4n) is 4.71. The number of amides is 1. The van der Waals surface area contributed by atoms with E-state index in [0.717, 1.165) is 40.4 Å². The lowest BCUT2D eigenvalue weighted by atomic mass is 9.82. The highest BCUT2D eigenvalue weighted by Gasteiger charge is 2.53. The second kappa shape index (κ2) is 15.0. The number of nitrogens with one attached hydrogen (secondary N) is 2. The molecule has 41 heavy (non-hydrogen) atoms. The van der Waals surface area contributed by atoms with E-state index >= 15 is 0 Å². The van der Waals surface area contributed by atoms with E-state index < -0.39 is 11.6 Å². The lowest BCUT2D eigenvalue weighted by Gasteiger charge is -2.31. The summed E-state index contributed by atoms with van der Waals surface area (Å²) in [7, 11) is 1.61. The van der Waals surface area contributed by atoms with E-state index in [2.05, 4.69) is 33.7 Å². The molecule has 4 rings (SSSR count). The van der Waals surface area contributed by atoms with E-state index in [1.807, 2.05) is 72.8 Å². The molecule has 0 aromatic heterocycles. The van der Waals surface area contributed by atoms with Gasteiger partial charge in [0.2, 0.25) is 5.90 Å². The van der Waals surface area contributed by atoms with E-state index in [0.29, 0.717) is 43.4 Å². The number of ether oxygens (including phenoxy) is 3. The van der Waals surface area contributed by atoms with Gasteiger partial charge in [0.05, 0.1) is 13.7 Å². The number of unbranched alkanes of at least 4 members (excludes halogenated alkanes) is 2. The highest BCUT2D eigenvalue weighted by Crippen LogP contribution is 2.43. The van der Waals surface area contributed by atoms with Crippen molar-refractivity contribution in [3.63, 3.8) is 0 Å². The van der Waals surface area contributed by atoms with Gasteiger partial charge in [0.25, 0.3) is 5.91 Å². The van der Waals surface area contributed by atoms with Gasteiger partial charge in [0.15, 0.2) is 11.6 Å². The summed E-state index contributed by atoms with van der Waals surface area (Å²) in [6.07, 6.45) is 3.27. The molecule has 0 spiro atoms. The minimum absolute atomic E-state index is 0.0738. The number of aliphatic imine (C=N–C) groups is 1. The van der Waals surface area contributed by atoms with E-state index in [1.54, 1.807) is 7.11 Å².